The highest BCUT2D eigenvalue weighted by molar-refractivity contribution is 6.01. The summed E-state index contributed by atoms with van der Waals surface area (Å²) >= 11 is 0. The van der Waals surface area contributed by atoms with E-state index in [0.717, 1.165) is 66.8 Å². The number of aromatic nitrogens is 6. The molecule has 3 N–H and O–H groups in total. The van der Waals surface area contributed by atoms with Crippen molar-refractivity contribution in [2.45, 2.75) is 12.8 Å². The number of hydrogen-bond donors (Lipinski definition) is 3. The van der Waals surface area contributed by atoms with E-state index in [1.165, 1.54) is 12.8 Å². The van der Waals surface area contributed by atoms with E-state index in [-0.39, 0.29) is 0 Å². The molecule has 7 nitrogen and oxygen atoms in total. The van der Waals surface area contributed by atoms with Gasteiger partial charge in [-0.25, -0.2) is 0 Å². The standard InChI is InChI=1S/C29H23N7/c1-17(18-2-3-18)33-22-10-21(13-31-14-22)20-4-5-26-24(11-20)29(36-35-26)27-12-23-25(15-32-16-28(23)34-27)19-6-8-30-9-7-19/h4-16,18,33-34H,1-3H2,(H,35,36). The van der Waals surface area contributed by atoms with Gasteiger partial charge in [-0.05, 0) is 66.3 Å². The number of pyridine rings is 3. The molecule has 5 aromatic heterocycles. The first-order valence-electron chi connectivity index (χ1n) is 12.0. The second-order valence-electron chi connectivity index (χ2n) is 9.29. The molecule has 0 radical (unpaired) electrons. The monoisotopic (exact) mass is 469 g/mol. The molecular weight excluding hydrogens is 446 g/mol. The fourth-order valence-corrected chi connectivity index (χ4v) is 4.72. The zero-order chi connectivity index (χ0) is 24.1. The van der Waals surface area contributed by atoms with Crippen molar-refractivity contribution >= 4 is 27.5 Å². The van der Waals surface area contributed by atoms with Crippen LogP contribution in [0.25, 0.3) is 55.4 Å². The molecule has 0 aliphatic heterocycles. The van der Waals surface area contributed by atoms with Crippen molar-refractivity contribution in [3.63, 3.8) is 0 Å². The van der Waals surface area contributed by atoms with Crippen molar-refractivity contribution in [3.8, 4) is 33.6 Å². The summed E-state index contributed by atoms with van der Waals surface area (Å²) in [4.78, 5) is 16.6. The molecule has 0 amide bonds. The van der Waals surface area contributed by atoms with Crippen LogP contribution in [0.3, 0.4) is 0 Å². The second-order valence-corrected chi connectivity index (χ2v) is 9.29. The Hall–Kier alpha value is -4.78. The number of nitrogens with zero attached hydrogens (tertiary/aromatic N) is 4. The molecule has 5 heterocycles. The van der Waals surface area contributed by atoms with Crippen LogP contribution in [0, 0.1) is 5.92 Å². The Morgan fingerprint density at radius 1 is 0.806 bits per heavy atom. The number of aromatic amines is 2. The molecule has 174 valence electrons. The van der Waals surface area contributed by atoms with Crippen LogP contribution in [0.4, 0.5) is 5.69 Å². The first kappa shape index (κ1) is 20.6. The van der Waals surface area contributed by atoms with Crippen molar-refractivity contribution in [2.24, 2.45) is 5.92 Å². The molecule has 0 saturated heterocycles. The van der Waals surface area contributed by atoms with Crippen LogP contribution < -0.4 is 5.32 Å². The average Bonchev–Trinajstić information content (AvgIpc) is 3.55. The van der Waals surface area contributed by atoms with E-state index in [0.29, 0.717) is 5.92 Å². The van der Waals surface area contributed by atoms with E-state index < -0.39 is 0 Å². The summed E-state index contributed by atoms with van der Waals surface area (Å²) in [5.74, 6) is 0.587. The Morgan fingerprint density at radius 2 is 1.67 bits per heavy atom. The van der Waals surface area contributed by atoms with E-state index in [4.69, 9.17) is 0 Å². The lowest BCUT2D eigenvalue weighted by Crippen LogP contribution is -2.00. The molecule has 1 saturated carbocycles. The van der Waals surface area contributed by atoms with Crippen molar-refractivity contribution in [1.82, 2.24) is 30.1 Å². The SMILES string of the molecule is C=C(Nc1cncc(-c2ccc3[nH]nc(-c4cc5c(-c6ccncc6)cncc5[nH]4)c3c2)c1)C1CC1. The maximum absolute atomic E-state index is 4.66. The third kappa shape index (κ3) is 3.62. The molecule has 1 fully saturated rings. The third-order valence-corrected chi connectivity index (χ3v) is 6.80. The predicted octanol–water partition coefficient (Wildman–Crippen LogP) is 6.57. The lowest BCUT2D eigenvalue weighted by atomic mass is 10.0. The lowest BCUT2D eigenvalue weighted by Gasteiger charge is -2.10. The zero-order valence-electron chi connectivity index (χ0n) is 19.5. The van der Waals surface area contributed by atoms with Gasteiger partial charge in [0.05, 0.1) is 34.8 Å². The van der Waals surface area contributed by atoms with Crippen molar-refractivity contribution < 1.29 is 0 Å². The van der Waals surface area contributed by atoms with Crippen LogP contribution >= 0.6 is 0 Å². The van der Waals surface area contributed by atoms with Gasteiger partial charge in [0.25, 0.3) is 0 Å². The first-order chi connectivity index (χ1) is 17.7. The molecule has 1 aliphatic carbocycles. The summed E-state index contributed by atoms with van der Waals surface area (Å²) < 4.78 is 0. The quantitative estimate of drug-likeness (QED) is 0.257. The maximum atomic E-state index is 4.66. The van der Waals surface area contributed by atoms with Crippen LogP contribution in [-0.4, -0.2) is 30.1 Å². The molecule has 1 aliphatic rings. The highest BCUT2D eigenvalue weighted by atomic mass is 15.1. The molecule has 36 heavy (non-hydrogen) atoms. The molecular formula is C29H23N7. The van der Waals surface area contributed by atoms with Crippen molar-refractivity contribution in [3.05, 3.63) is 91.9 Å². The number of fused-ring (bicyclic) bond motifs is 2. The fraction of sp³-hybridized carbons (Fsp3) is 0.103. The summed E-state index contributed by atoms with van der Waals surface area (Å²) in [6, 6.07) is 14.6. The van der Waals surface area contributed by atoms with Crippen molar-refractivity contribution in [1.29, 1.82) is 0 Å². The van der Waals surface area contributed by atoms with Crippen LogP contribution in [0.5, 0.6) is 0 Å². The molecule has 1 aromatic carbocycles. The van der Waals surface area contributed by atoms with Crippen molar-refractivity contribution in [2.75, 3.05) is 5.32 Å². The zero-order valence-corrected chi connectivity index (χ0v) is 19.5. The summed E-state index contributed by atoms with van der Waals surface area (Å²) in [5.41, 5.74) is 10.0. The second kappa shape index (κ2) is 8.16. The molecule has 0 atom stereocenters. The van der Waals surface area contributed by atoms with Gasteiger partial charge in [-0.15, -0.1) is 0 Å². The van der Waals surface area contributed by atoms with Gasteiger partial charge in [-0.2, -0.15) is 5.10 Å². The Balaban J connectivity index is 1.28. The van der Waals surface area contributed by atoms with Crippen LogP contribution in [0.2, 0.25) is 0 Å². The minimum atomic E-state index is 0.587. The smallest absolute Gasteiger partial charge is 0.116 e. The summed E-state index contributed by atoms with van der Waals surface area (Å²) in [7, 11) is 0. The van der Waals surface area contributed by atoms with Gasteiger partial charge in [-0.3, -0.25) is 20.1 Å². The van der Waals surface area contributed by atoms with Gasteiger partial charge in [-0.1, -0.05) is 12.6 Å². The average molecular weight is 470 g/mol. The van der Waals surface area contributed by atoms with Crippen LogP contribution in [0.1, 0.15) is 12.8 Å². The Labute approximate surface area is 207 Å². The molecule has 0 unspecified atom stereocenters. The van der Waals surface area contributed by atoms with Gasteiger partial charge >= 0.3 is 0 Å². The Kier molecular flexibility index (Phi) is 4.67. The fourth-order valence-electron chi connectivity index (χ4n) is 4.72. The summed E-state index contributed by atoms with van der Waals surface area (Å²) in [5, 5.41) is 13.4. The highest BCUT2D eigenvalue weighted by Gasteiger charge is 2.24. The summed E-state index contributed by atoms with van der Waals surface area (Å²) in [6.07, 6.45) is 13.5. The molecule has 6 aromatic rings. The topological polar surface area (TPSA) is 95.2 Å². The maximum Gasteiger partial charge on any atom is 0.116 e. The number of anilines is 1. The number of allylic oxidation sites excluding steroid dienone is 1. The lowest BCUT2D eigenvalue weighted by molar-refractivity contribution is 1.02. The van der Waals surface area contributed by atoms with E-state index in [1.807, 2.05) is 36.9 Å². The minimum absolute atomic E-state index is 0.587. The number of rotatable bonds is 6. The number of hydrogen-bond acceptors (Lipinski definition) is 5. The van der Waals surface area contributed by atoms with Crippen LogP contribution in [-0.2, 0) is 0 Å². The first-order valence-corrected chi connectivity index (χ1v) is 12.0. The van der Waals surface area contributed by atoms with Crippen LogP contribution in [0.15, 0.2) is 91.9 Å². The van der Waals surface area contributed by atoms with Gasteiger partial charge in [0.1, 0.15) is 5.69 Å². The van der Waals surface area contributed by atoms with Gasteiger partial charge in [0.15, 0.2) is 0 Å². The van der Waals surface area contributed by atoms with E-state index in [9.17, 15) is 0 Å². The molecule has 7 heteroatoms. The van der Waals surface area contributed by atoms with Gasteiger partial charge in [0.2, 0.25) is 0 Å². The summed E-state index contributed by atoms with van der Waals surface area (Å²) in [6.45, 7) is 4.17. The van der Waals surface area contributed by atoms with E-state index >= 15 is 0 Å². The number of H-pyrrole nitrogens is 2. The third-order valence-electron chi connectivity index (χ3n) is 6.80. The number of nitrogens with one attached hydrogen (secondary N) is 3. The molecule has 0 bridgehead atoms. The van der Waals surface area contributed by atoms with Gasteiger partial charge < -0.3 is 10.3 Å². The molecule has 7 rings (SSSR count). The number of benzene rings is 1. The predicted molar refractivity (Wildman–Crippen MR) is 143 cm³/mol. The van der Waals surface area contributed by atoms with Gasteiger partial charge in [0, 0.05) is 52.4 Å². The Bertz CT molecular complexity index is 1740. The minimum Gasteiger partial charge on any atom is -0.358 e. The largest absolute Gasteiger partial charge is 0.358 e. The molecule has 0 spiro atoms. The van der Waals surface area contributed by atoms with E-state index in [1.54, 1.807) is 12.4 Å². The van der Waals surface area contributed by atoms with E-state index in [2.05, 4.69) is 72.4 Å². The Morgan fingerprint density at radius 3 is 2.53 bits per heavy atom. The highest BCUT2D eigenvalue weighted by Crippen LogP contribution is 2.37. The normalized spacial score (nSPS) is 13.3.